The van der Waals surface area contributed by atoms with Crippen molar-refractivity contribution >= 4 is 50.1 Å². The van der Waals surface area contributed by atoms with Crippen LogP contribution in [0.2, 0.25) is 0 Å². The molecular weight excluding hydrogens is 478 g/mol. The van der Waals surface area contributed by atoms with Crippen molar-refractivity contribution in [2.24, 2.45) is 5.92 Å². The molecule has 1 aromatic heterocycles. The molecule has 0 unspecified atom stereocenters. The Morgan fingerprint density at radius 2 is 1.71 bits per heavy atom. The van der Waals surface area contributed by atoms with Crippen molar-refractivity contribution in [3.8, 4) is 11.3 Å². The Balaban J connectivity index is 1.59. The number of amides is 3. The quantitative estimate of drug-likeness (QED) is 0.473. The molecule has 3 aromatic rings. The van der Waals surface area contributed by atoms with Crippen LogP contribution in [0.15, 0.2) is 58.4 Å². The molecule has 1 aliphatic heterocycles. The molecule has 1 aliphatic rings. The number of halogens is 1. The zero-order chi connectivity index (χ0) is 22.1. The Morgan fingerprint density at radius 3 is 2.29 bits per heavy atom. The predicted octanol–water partition coefficient (Wildman–Crippen LogP) is 5.22. The van der Waals surface area contributed by atoms with Gasteiger partial charge in [-0.05, 0) is 30.2 Å². The minimum Gasteiger partial charge on any atom is -0.300 e. The first-order chi connectivity index (χ1) is 14.9. The highest BCUT2D eigenvalue weighted by atomic mass is 79.9. The number of nitrogens with zero attached hydrogens (tertiary/aromatic N) is 2. The second-order valence-electron chi connectivity index (χ2n) is 7.39. The van der Waals surface area contributed by atoms with E-state index in [-0.39, 0.29) is 5.92 Å². The highest BCUT2D eigenvalue weighted by Gasteiger charge is 2.44. The highest BCUT2D eigenvalue weighted by Crippen LogP contribution is 2.30. The molecule has 2 heterocycles. The van der Waals surface area contributed by atoms with Crippen LogP contribution in [-0.2, 0) is 4.79 Å². The Morgan fingerprint density at radius 1 is 1.10 bits per heavy atom. The fourth-order valence-corrected chi connectivity index (χ4v) is 4.56. The van der Waals surface area contributed by atoms with Crippen molar-refractivity contribution in [1.82, 2.24) is 9.88 Å². The van der Waals surface area contributed by atoms with Gasteiger partial charge in [-0.2, -0.15) is 0 Å². The number of carbonyl (C=O) groups is 3. The number of hydrogen-bond acceptors (Lipinski definition) is 5. The summed E-state index contributed by atoms with van der Waals surface area (Å²) in [4.78, 5) is 44.7. The summed E-state index contributed by atoms with van der Waals surface area (Å²) in [6.07, 6.45) is 0.632. The van der Waals surface area contributed by atoms with Crippen LogP contribution < -0.4 is 5.32 Å². The van der Waals surface area contributed by atoms with Crippen LogP contribution >= 0.6 is 27.3 Å². The van der Waals surface area contributed by atoms with Gasteiger partial charge in [-0.15, -0.1) is 11.3 Å². The lowest BCUT2D eigenvalue weighted by Gasteiger charge is -2.29. The molecule has 0 bridgehead atoms. The molecule has 1 N–H and O–H groups in total. The van der Waals surface area contributed by atoms with Crippen molar-refractivity contribution in [3.63, 3.8) is 0 Å². The second kappa shape index (κ2) is 8.72. The minimum atomic E-state index is -0.919. The Kier molecular flexibility index (Phi) is 6.02. The first-order valence-corrected chi connectivity index (χ1v) is 11.6. The van der Waals surface area contributed by atoms with Gasteiger partial charge in [0, 0.05) is 15.4 Å². The van der Waals surface area contributed by atoms with Crippen LogP contribution in [0.1, 0.15) is 41.0 Å². The number of anilines is 1. The fraction of sp³-hybridized carbons (Fsp3) is 0.217. The van der Waals surface area contributed by atoms with Crippen LogP contribution in [0.25, 0.3) is 11.3 Å². The topological polar surface area (TPSA) is 79.4 Å². The zero-order valence-electron chi connectivity index (χ0n) is 17.0. The Labute approximate surface area is 192 Å². The molecule has 8 heteroatoms. The number of carbonyl (C=O) groups excluding carboxylic acids is 3. The van der Waals surface area contributed by atoms with Gasteiger partial charge in [-0.1, -0.05) is 60.5 Å². The van der Waals surface area contributed by atoms with Gasteiger partial charge < -0.3 is 5.32 Å². The van der Waals surface area contributed by atoms with E-state index in [0.29, 0.717) is 22.7 Å². The van der Waals surface area contributed by atoms with Gasteiger partial charge in [0.25, 0.3) is 11.8 Å². The van der Waals surface area contributed by atoms with Crippen molar-refractivity contribution in [3.05, 3.63) is 69.5 Å². The van der Waals surface area contributed by atoms with Gasteiger partial charge in [0.1, 0.15) is 6.04 Å². The number of benzene rings is 2. The summed E-state index contributed by atoms with van der Waals surface area (Å²) in [5, 5.41) is 5.10. The van der Waals surface area contributed by atoms with Crippen molar-refractivity contribution in [2.75, 3.05) is 5.32 Å². The third kappa shape index (κ3) is 4.05. The van der Waals surface area contributed by atoms with Crippen molar-refractivity contribution in [1.29, 1.82) is 0 Å². The standard InChI is InChI=1S/C23H20BrN3O3S/c1-3-13(2)19(27-21(29)16-6-4-5-7-17(16)22(27)30)20(28)26-23-25-18(12-31-23)14-8-10-15(24)11-9-14/h4-13,19H,3H2,1-2H3,(H,25,26,28)/t13-,19-/m0/s1. The van der Waals surface area contributed by atoms with Gasteiger partial charge in [-0.3, -0.25) is 19.3 Å². The predicted molar refractivity (Wildman–Crippen MR) is 124 cm³/mol. The van der Waals surface area contributed by atoms with Crippen LogP contribution in [0.5, 0.6) is 0 Å². The minimum absolute atomic E-state index is 0.215. The summed E-state index contributed by atoms with van der Waals surface area (Å²) in [7, 11) is 0. The van der Waals surface area contributed by atoms with Gasteiger partial charge in [-0.25, -0.2) is 4.98 Å². The monoisotopic (exact) mass is 497 g/mol. The number of thiazole rings is 1. The largest absolute Gasteiger partial charge is 0.300 e. The summed E-state index contributed by atoms with van der Waals surface area (Å²) >= 11 is 4.71. The van der Waals surface area contributed by atoms with E-state index < -0.39 is 23.8 Å². The lowest BCUT2D eigenvalue weighted by atomic mass is 9.96. The van der Waals surface area contributed by atoms with Gasteiger partial charge >= 0.3 is 0 Å². The lowest BCUT2D eigenvalue weighted by molar-refractivity contribution is -0.121. The molecule has 0 spiro atoms. The SMILES string of the molecule is CC[C@H](C)[C@@H](C(=O)Nc1nc(-c2ccc(Br)cc2)cs1)N1C(=O)c2ccccc2C1=O. The maximum Gasteiger partial charge on any atom is 0.262 e. The zero-order valence-corrected chi connectivity index (χ0v) is 19.4. The van der Waals surface area contributed by atoms with Gasteiger partial charge in [0.2, 0.25) is 5.91 Å². The van der Waals surface area contributed by atoms with E-state index in [0.717, 1.165) is 20.6 Å². The number of hydrogen-bond donors (Lipinski definition) is 1. The van der Waals surface area contributed by atoms with Gasteiger partial charge in [0.05, 0.1) is 16.8 Å². The smallest absolute Gasteiger partial charge is 0.262 e. The number of nitrogens with one attached hydrogen (secondary N) is 1. The summed E-state index contributed by atoms with van der Waals surface area (Å²) in [5.74, 6) is -1.50. The number of aromatic nitrogens is 1. The third-order valence-electron chi connectivity index (χ3n) is 5.43. The second-order valence-corrected chi connectivity index (χ2v) is 9.16. The van der Waals surface area contributed by atoms with Crippen LogP contribution in [0.4, 0.5) is 5.13 Å². The Bertz CT molecular complexity index is 1120. The Hall–Kier alpha value is -2.84. The molecule has 0 saturated heterocycles. The lowest BCUT2D eigenvalue weighted by Crippen LogP contribution is -2.50. The van der Waals surface area contributed by atoms with Gasteiger partial charge in [0.15, 0.2) is 5.13 Å². The highest BCUT2D eigenvalue weighted by molar-refractivity contribution is 9.10. The summed E-state index contributed by atoms with van der Waals surface area (Å²) in [5.41, 5.74) is 2.34. The van der Waals surface area contributed by atoms with E-state index in [9.17, 15) is 14.4 Å². The number of fused-ring (bicyclic) bond motifs is 1. The molecule has 2 aromatic carbocycles. The van der Waals surface area contributed by atoms with E-state index in [4.69, 9.17) is 0 Å². The van der Waals surface area contributed by atoms with E-state index in [2.05, 4.69) is 26.2 Å². The molecule has 3 amide bonds. The molecule has 2 atom stereocenters. The molecular formula is C23H20BrN3O3S. The fourth-order valence-electron chi connectivity index (χ4n) is 3.58. The molecule has 0 fully saturated rings. The van der Waals surface area contributed by atoms with Crippen molar-refractivity contribution < 1.29 is 14.4 Å². The molecule has 31 heavy (non-hydrogen) atoms. The van der Waals surface area contributed by atoms with E-state index >= 15 is 0 Å². The number of rotatable bonds is 6. The number of imide groups is 1. The molecule has 6 nitrogen and oxygen atoms in total. The molecule has 0 saturated carbocycles. The van der Waals surface area contributed by atoms with E-state index in [1.165, 1.54) is 11.3 Å². The summed E-state index contributed by atoms with van der Waals surface area (Å²) in [6, 6.07) is 13.5. The summed E-state index contributed by atoms with van der Waals surface area (Å²) < 4.78 is 0.970. The normalized spacial score (nSPS) is 15.0. The van der Waals surface area contributed by atoms with Crippen LogP contribution in [0.3, 0.4) is 0 Å². The van der Waals surface area contributed by atoms with Crippen LogP contribution in [-0.4, -0.2) is 33.6 Å². The van der Waals surface area contributed by atoms with Crippen LogP contribution in [0, 0.1) is 5.92 Å². The average Bonchev–Trinajstić information content (AvgIpc) is 3.33. The molecule has 0 aliphatic carbocycles. The first-order valence-electron chi connectivity index (χ1n) is 9.90. The average molecular weight is 498 g/mol. The molecule has 4 rings (SSSR count). The molecule has 0 radical (unpaired) electrons. The van der Waals surface area contributed by atoms with E-state index in [1.807, 2.05) is 43.5 Å². The maximum absolute atomic E-state index is 13.2. The third-order valence-corrected chi connectivity index (χ3v) is 6.72. The maximum atomic E-state index is 13.2. The van der Waals surface area contributed by atoms with Crippen molar-refractivity contribution in [2.45, 2.75) is 26.3 Å². The van der Waals surface area contributed by atoms with E-state index in [1.54, 1.807) is 24.3 Å². The summed E-state index contributed by atoms with van der Waals surface area (Å²) in [6.45, 7) is 3.79. The first kappa shape index (κ1) is 21.4. The molecule has 158 valence electrons.